The molecule has 2 heterocycles. The van der Waals surface area contributed by atoms with Crippen LogP contribution in [0.25, 0.3) is 0 Å². The predicted octanol–water partition coefficient (Wildman–Crippen LogP) is 1.92. The highest BCUT2D eigenvalue weighted by Crippen LogP contribution is 2.10. The number of hydrogen-bond acceptors (Lipinski definition) is 5. The molecule has 5 nitrogen and oxygen atoms in total. The summed E-state index contributed by atoms with van der Waals surface area (Å²) >= 11 is 0. The van der Waals surface area contributed by atoms with E-state index in [9.17, 15) is 4.79 Å². The van der Waals surface area contributed by atoms with E-state index in [0.717, 1.165) is 25.3 Å². The molecule has 1 saturated heterocycles. The molecule has 0 bridgehead atoms. The van der Waals surface area contributed by atoms with Gasteiger partial charge in [-0.05, 0) is 37.9 Å². The minimum Gasteiger partial charge on any atom is -0.465 e. The first-order valence-corrected chi connectivity index (χ1v) is 7.14. The Hall–Kier alpha value is -1.46. The van der Waals surface area contributed by atoms with Gasteiger partial charge in [0.15, 0.2) is 0 Å². The zero-order chi connectivity index (χ0) is 14.2. The van der Waals surface area contributed by atoms with E-state index in [2.05, 4.69) is 15.0 Å². The zero-order valence-electron chi connectivity index (χ0n) is 11.9. The minimum atomic E-state index is -0.367. The SMILES string of the molecule is COC(=O)c1ccc(COCCC2CCCCN2)nc1. The topological polar surface area (TPSA) is 60.5 Å². The van der Waals surface area contributed by atoms with Crippen molar-refractivity contribution in [3.05, 3.63) is 29.6 Å². The summed E-state index contributed by atoms with van der Waals surface area (Å²) in [4.78, 5) is 15.5. The van der Waals surface area contributed by atoms with Crippen molar-refractivity contribution in [1.29, 1.82) is 0 Å². The van der Waals surface area contributed by atoms with E-state index in [-0.39, 0.29) is 5.97 Å². The largest absolute Gasteiger partial charge is 0.465 e. The van der Waals surface area contributed by atoms with E-state index in [1.165, 1.54) is 32.6 Å². The van der Waals surface area contributed by atoms with Gasteiger partial charge in [-0.3, -0.25) is 4.98 Å². The molecule has 0 aliphatic carbocycles. The summed E-state index contributed by atoms with van der Waals surface area (Å²) in [6.45, 7) is 2.34. The molecule has 0 amide bonds. The molecule has 1 aromatic heterocycles. The number of carbonyl (C=O) groups excluding carboxylic acids is 1. The summed E-state index contributed by atoms with van der Waals surface area (Å²) in [7, 11) is 1.36. The third-order valence-corrected chi connectivity index (χ3v) is 3.52. The van der Waals surface area contributed by atoms with Gasteiger partial charge in [0.2, 0.25) is 0 Å². The van der Waals surface area contributed by atoms with Crippen molar-refractivity contribution in [2.24, 2.45) is 0 Å². The Labute approximate surface area is 119 Å². The number of piperidine rings is 1. The van der Waals surface area contributed by atoms with Crippen molar-refractivity contribution in [3.63, 3.8) is 0 Å². The number of rotatable bonds is 6. The van der Waals surface area contributed by atoms with Gasteiger partial charge in [0.05, 0.1) is 25.0 Å². The fraction of sp³-hybridized carbons (Fsp3) is 0.600. The lowest BCUT2D eigenvalue weighted by Gasteiger charge is -2.23. The first-order valence-electron chi connectivity index (χ1n) is 7.14. The second kappa shape index (κ2) is 7.97. The molecule has 20 heavy (non-hydrogen) atoms. The highest BCUT2D eigenvalue weighted by Gasteiger charge is 2.11. The van der Waals surface area contributed by atoms with E-state index in [0.29, 0.717) is 18.2 Å². The molecule has 5 heteroatoms. The van der Waals surface area contributed by atoms with Crippen LogP contribution in [-0.4, -0.2) is 37.3 Å². The Morgan fingerprint density at radius 2 is 2.35 bits per heavy atom. The van der Waals surface area contributed by atoms with Gasteiger partial charge in [-0.2, -0.15) is 0 Å². The monoisotopic (exact) mass is 278 g/mol. The number of nitrogens with zero attached hydrogens (tertiary/aromatic N) is 1. The minimum absolute atomic E-state index is 0.367. The van der Waals surface area contributed by atoms with E-state index in [4.69, 9.17) is 4.74 Å². The summed E-state index contributed by atoms with van der Waals surface area (Å²) in [6.07, 6.45) is 6.41. The van der Waals surface area contributed by atoms with Crippen molar-refractivity contribution in [2.75, 3.05) is 20.3 Å². The third kappa shape index (κ3) is 4.58. The molecule has 1 aromatic rings. The molecular weight excluding hydrogens is 256 g/mol. The average Bonchev–Trinajstić information content (AvgIpc) is 2.52. The number of nitrogens with one attached hydrogen (secondary N) is 1. The lowest BCUT2D eigenvalue weighted by Crippen LogP contribution is -2.34. The van der Waals surface area contributed by atoms with E-state index in [1.807, 2.05) is 0 Å². The number of carbonyl (C=O) groups is 1. The fourth-order valence-electron chi connectivity index (χ4n) is 2.32. The van der Waals surface area contributed by atoms with Crippen LogP contribution in [0.2, 0.25) is 0 Å². The maximum Gasteiger partial charge on any atom is 0.339 e. The molecule has 110 valence electrons. The molecule has 1 atom stereocenters. The smallest absolute Gasteiger partial charge is 0.339 e. The normalized spacial score (nSPS) is 18.8. The van der Waals surface area contributed by atoms with Gasteiger partial charge >= 0.3 is 5.97 Å². The molecule has 0 saturated carbocycles. The van der Waals surface area contributed by atoms with Gasteiger partial charge in [-0.1, -0.05) is 6.42 Å². The number of pyridine rings is 1. The van der Waals surface area contributed by atoms with Crippen molar-refractivity contribution in [1.82, 2.24) is 10.3 Å². The van der Waals surface area contributed by atoms with Crippen LogP contribution in [-0.2, 0) is 16.1 Å². The standard InChI is InChI=1S/C15H22N2O3/c1-19-15(18)12-5-6-14(17-10-12)11-20-9-7-13-4-2-3-8-16-13/h5-6,10,13,16H,2-4,7-9,11H2,1H3. The van der Waals surface area contributed by atoms with Gasteiger partial charge in [-0.25, -0.2) is 4.79 Å². The van der Waals surface area contributed by atoms with Gasteiger partial charge in [0.25, 0.3) is 0 Å². The predicted molar refractivity (Wildman–Crippen MR) is 75.5 cm³/mol. The van der Waals surface area contributed by atoms with Crippen molar-refractivity contribution in [3.8, 4) is 0 Å². The summed E-state index contributed by atoms with van der Waals surface area (Å²) in [5.41, 5.74) is 1.29. The Morgan fingerprint density at radius 3 is 3.00 bits per heavy atom. The van der Waals surface area contributed by atoms with Crippen LogP contribution in [0.4, 0.5) is 0 Å². The van der Waals surface area contributed by atoms with Crippen LogP contribution < -0.4 is 5.32 Å². The molecule has 1 aliphatic rings. The molecule has 0 radical (unpaired) electrons. The number of methoxy groups -OCH3 is 1. The lowest BCUT2D eigenvalue weighted by atomic mass is 10.0. The molecule has 2 rings (SSSR count). The highest BCUT2D eigenvalue weighted by molar-refractivity contribution is 5.88. The van der Waals surface area contributed by atoms with Crippen LogP contribution in [0.15, 0.2) is 18.3 Å². The van der Waals surface area contributed by atoms with Crippen LogP contribution in [0.5, 0.6) is 0 Å². The van der Waals surface area contributed by atoms with Gasteiger partial charge in [0.1, 0.15) is 0 Å². The highest BCUT2D eigenvalue weighted by atomic mass is 16.5. The Bertz CT molecular complexity index is 414. The molecule has 1 aliphatic heterocycles. The molecule has 1 N–H and O–H groups in total. The molecular formula is C15H22N2O3. The van der Waals surface area contributed by atoms with Crippen molar-refractivity contribution >= 4 is 5.97 Å². The second-order valence-electron chi connectivity index (χ2n) is 5.02. The maximum atomic E-state index is 11.3. The van der Waals surface area contributed by atoms with Crippen LogP contribution in [0, 0.1) is 0 Å². The van der Waals surface area contributed by atoms with E-state index < -0.39 is 0 Å². The van der Waals surface area contributed by atoms with Crippen LogP contribution in [0.1, 0.15) is 41.7 Å². The number of esters is 1. The second-order valence-corrected chi connectivity index (χ2v) is 5.02. The van der Waals surface area contributed by atoms with Gasteiger partial charge in [0, 0.05) is 18.8 Å². The number of hydrogen-bond donors (Lipinski definition) is 1. The molecule has 0 aromatic carbocycles. The first kappa shape index (κ1) is 14.9. The van der Waals surface area contributed by atoms with Crippen molar-refractivity contribution in [2.45, 2.75) is 38.3 Å². The van der Waals surface area contributed by atoms with E-state index >= 15 is 0 Å². The van der Waals surface area contributed by atoms with Crippen molar-refractivity contribution < 1.29 is 14.3 Å². The summed E-state index contributed by atoms with van der Waals surface area (Å²) in [6, 6.07) is 4.10. The first-order chi connectivity index (χ1) is 9.79. The Kier molecular flexibility index (Phi) is 5.95. The zero-order valence-corrected chi connectivity index (χ0v) is 11.9. The number of ether oxygens (including phenoxy) is 2. The molecule has 1 fully saturated rings. The number of aromatic nitrogens is 1. The molecule has 0 spiro atoms. The summed E-state index contributed by atoms with van der Waals surface area (Å²) in [5, 5.41) is 3.50. The van der Waals surface area contributed by atoms with E-state index in [1.54, 1.807) is 12.1 Å². The van der Waals surface area contributed by atoms with Crippen LogP contribution in [0.3, 0.4) is 0 Å². The maximum absolute atomic E-state index is 11.3. The Balaban J connectivity index is 1.67. The van der Waals surface area contributed by atoms with Crippen LogP contribution >= 0.6 is 0 Å². The quantitative estimate of drug-likeness (QED) is 0.636. The summed E-state index contributed by atoms with van der Waals surface area (Å²) < 4.78 is 10.3. The van der Waals surface area contributed by atoms with Gasteiger partial charge < -0.3 is 14.8 Å². The van der Waals surface area contributed by atoms with Gasteiger partial charge in [-0.15, -0.1) is 0 Å². The Morgan fingerprint density at radius 1 is 1.45 bits per heavy atom. The fourth-order valence-corrected chi connectivity index (χ4v) is 2.32. The average molecular weight is 278 g/mol. The summed E-state index contributed by atoms with van der Waals surface area (Å²) in [5.74, 6) is -0.367. The molecule has 1 unspecified atom stereocenters. The lowest BCUT2D eigenvalue weighted by molar-refractivity contribution is 0.0600. The third-order valence-electron chi connectivity index (χ3n) is 3.52.